The number of esters is 1. The van der Waals surface area contributed by atoms with Crippen LogP contribution in [0.4, 0.5) is 0 Å². The molecule has 38 heavy (non-hydrogen) atoms. The lowest BCUT2D eigenvalue weighted by atomic mass is 9.46. The Labute approximate surface area is 230 Å². The lowest BCUT2D eigenvalue weighted by molar-refractivity contribution is -0.140. The van der Waals surface area contributed by atoms with Crippen LogP contribution in [-0.4, -0.2) is 5.97 Å². The topological polar surface area (TPSA) is 43.4 Å². The van der Waals surface area contributed by atoms with E-state index in [-0.39, 0.29) is 28.5 Å². The van der Waals surface area contributed by atoms with Crippen LogP contribution in [0.25, 0.3) is 0 Å². The van der Waals surface area contributed by atoms with Gasteiger partial charge in [0.2, 0.25) is 5.43 Å². The van der Waals surface area contributed by atoms with E-state index in [2.05, 4.69) is 40.7 Å². The summed E-state index contributed by atoms with van der Waals surface area (Å²) >= 11 is 0. The number of allylic oxidation sites excluding steroid dienone is 2. The molecule has 0 aromatic heterocycles. The van der Waals surface area contributed by atoms with Crippen molar-refractivity contribution in [2.75, 3.05) is 0 Å². The zero-order valence-corrected chi connectivity index (χ0v) is 24.5. The van der Waals surface area contributed by atoms with E-state index in [1.165, 1.54) is 63.0 Å². The molecular weight excluding hydrogens is 468 g/mol. The molecule has 0 unspecified atom stereocenters. The van der Waals surface area contributed by atoms with E-state index in [0.29, 0.717) is 5.41 Å². The van der Waals surface area contributed by atoms with Crippen LogP contribution in [0.5, 0.6) is 5.75 Å². The van der Waals surface area contributed by atoms with Crippen LogP contribution < -0.4 is 10.2 Å². The first-order valence-electron chi connectivity index (χ1n) is 15.6. The van der Waals surface area contributed by atoms with E-state index < -0.39 is 0 Å². The van der Waals surface area contributed by atoms with E-state index >= 15 is 0 Å². The van der Waals surface area contributed by atoms with E-state index in [4.69, 9.17) is 4.74 Å². The lowest BCUT2D eigenvalue weighted by Crippen LogP contribution is -2.51. The van der Waals surface area contributed by atoms with Gasteiger partial charge < -0.3 is 4.74 Å². The fourth-order valence-electron chi connectivity index (χ4n) is 9.68. The molecule has 0 amide bonds. The molecule has 8 atom stereocenters. The van der Waals surface area contributed by atoms with E-state index in [1.807, 2.05) is 0 Å². The molecule has 0 bridgehead atoms. The van der Waals surface area contributed by atoms with Crippen LogP contribution in [0.3, 0.4) is 0 Å². The minimum atomic E-state index is -0.238. The molecule has 1 aromatic carbocycles. The quantitative estimate of drug-likeness (QED) is 0.268. The summed E-state index contributed by atoms with van der Waals surface area (Å²) in [5, 5.41) is 0. The van der Waals surface area contributed by atoms with Gasteiger partial charge in [0.25, 0.3) is 0 Å². The van der Waals surface area contributed by atoms with Crippen molar-refractivity contribution in [3.63, 3.8) is 0 Å². The van der Waals surface area contributed by atoms with Gasteiger partial charge in [0.15, 0.2) is 5.75 Å². The van der Waals surface area contributed by atoms with Crippen molar-refractivity contribution in [1.82, 2.24) is 0 Å². The van der Waals surface area contributed by atoms with Crippen LogP contribution in [-0.2, 0) is 4.79 Å². The zero-order chi connectivity index (χ0) is 27.1. The van der Waals surface area contributed by atoms with Crippen LogP contribution in [0.1, 0.15) is 105 Å². The molecule has 208 valence electrons. The maximum absolute atomic E-state index is 13.1. The molecular formula is C35H50O3. The summed E-state index contributed by atoms with van der Waals surface area (Å²) in [5.74, 6) is 4.70. The summed E-state index contributed by atoms with van der Waals surface area (Å²) in [6, 6.07) is 8.29. The van der Waals surface area contributed by atoms with Crippen LogP contribution in [0.2, 0.25) is 0 Å². The fourth-order valence-corrected chi connectivity index (χ4v) is 9.68. The second kappa shape index (κ2) is 10.9. The maximum Gasteiger partial charge on any atom is 0.314 e. The fraction of sp³-hybridized carbons (Fsp3) is 0.714. The predicted molar refractivity (Wildman–Crippen MR) is 155 cm³/mol. The highest BCUT2D eigenvalue weighted by Gasteiger charge is 2.59. The number of fused-ring (bicyclic) bond motifs is 5. The summed E-state index contributed by atoms with van der Waals surface area (Å²) in [6.45, 7) is 12.4. The van der Waals surface area contributed by atoms with Crippen molar-refractivity contribution < 1.29 is 9.53 Å². The summed E-state index contributed by atoms with van der Waals surface area (Å²) in [4.78, 5) is 25.3. The minimum absolute atomic E-state index is 0.145. The third-order valence-corrected chi connectivity index (χ3v) is 11.8. The molecule has 3 nitrogen and oxygen atoms in total. The Balaban J connectivity index is 1.27. The Morgan fingerprint density at radius 1 is 0.974 bits per heavy atom. The van der Waals surface area contributed by atoms with Gasteiger partial charge in [-0.1, -0.05) is 83.7 Å². The SMILES string of the molecule is CC(C)CCC[C@@H](C)[C@H]1CC[C@H]2[C@@H]3CC=C4C[C@@H](C(=O)Oc5cccccc5=O)CC[C@]4(C)[C@H]3CC[C@]12C. The summed E-state index contributed by atoms with van der Waals surface area (Å²) in [7, 11) is 0. The average molecular weight is 519 g/mol. The first-order chi connectivity index (χ1) is 18.1. The van der Waals surface area contributed by atoms with Crippen molar-refractivity contribution in [3.8, 4) is 5.75 Å². The highest BCUT2D eigenvalue weighted by Crippen LogP contribution is 2.67. The monoisotopic (exact) mass is 518 g/mol. The highest BCUT2D eigenvalue weighted by atomic mass is 16.5. The Bertz CT molecular complexity index is 1100. The number of rotatable bonds is 7. The summed E-state index contributed by atoms with van der Waals surface area (Å²) in [6.07, 6.45) is 16.1. The van der Waals surface area contributed by atoms with Crippen molar-refractivity contribution in [3.05, 3.63) is 52.2 Å². The molecule has 1 aromatic rings. The Kier molecular flexibility index (Phi) is 7.96. The lowest BCUT2D eigenvalue weighted by Gasteiger charge is -2.58. The smallest absolute Gasteiger partial charge is 0.314 e. The van der Waals surface area contributed by atoms with Gasteiger partial charge in [-0.2, -0.15) is 0 Å². The highest BCUT2D eigenvalue weighted by molar-refractivity contribution is 5.75. The Morgan fingerprint density at radius 3 is 2.55 bits per heavy atom. The second-order valence-corrected chi connectivity index (χ2v) is 14.3. The van der Waals surface area contributed by atoms with Gasteiger partial charge in [-0.15, -0.1) is 0 Å². The third-order valence-electron chi connectivity index (χ3n) is 11.8. The third kappa shape index (κ3) is 5.04. The normalized spacial score (nSPS) is 37.0. The van der Waals surface area contributed by atoms with Crippen molar-refractivity contribution in [2.24, 2.45) is 52.3 Å². The first kappa shape index (κ1) is 27.7. The summed E-state index contributed by atoms with van der Waals surface area (Å²) < 4.78 is 5.63. The second-order valence-electron chi connectivity index (χ2n) is 14.3. The largest absolute Gasteiger partial charge is 0.422 e. The van der Waals surface area contributed by atoms with Crippen molar-refractivity contribution in [2.45, 2.75) is 105 Å². The number of hydrogen-bond donors (Lipinski definition) is 0. The molecule has 0 heterocycles. The van der Waals surface area contributed by atoms with Gasteiger partial charge in [0.1, 0.15) is 0 Å². The van der Waals surface area contributed by atoms with Gasteiger partial charge in [-0.3, -0.25) is 9.59 Å². The van der Waals surface area contributed by atoms with Gasteiger partial charge in [0.05, 0.1) is 5.92 Å². The van der Waals surface area contributed by atoms with E-state index in [9.17, 15) is 9.59 Å². The van der Waals surface area contributed by atoms with Crippen molar-refractivity contribution in [1.29, 1.82) is 0 Å². The van der Waals surface area contributed by atoms with Gasteiger partial charge in [-0.05, 0) is 110 Å². The van der Waals surface area contributed by atoms with Crippen LogP contribution >= 0.6 is 0 Å². The molecule has 0 radical (unpaired) electrons. The molecule has 0 spiro atoms. The molecule has 0 saturated heterocycles. The number of hydrogen-bond acceptors (Lipinski definition) is 3. The molecule has 0 aliphatic heterocycles. The van der Waals surface area contributed by atoms with E-state index in [0.717, 1.165) is 54.8 Å². The number of carbonyl (C=O) groups excluding carboxylic acids is 1. The summed E-state index contributed by atoms with van der Waals surface area (Å²) in [5.41, 5.74) is 1.97. The first-order valence-corrected chi connectivity index (χ1v) is 15.6. The van der Waals surface area contributed by atoms with Gasteiger partial charge >= 0.3 is 5.97 Å². The standard InChI is InChI=1S/C35H50O3/c1-23(2)10-9-11-24(3)28-16-17-29-27-15-14-26-22-25(33(37)38-32-13-8-6-7-12-31(32)36)18-20-34(26,4)30(27)19-21-35(28,29)5/h6-8,12-14,23-25,27-30H,9-11,15-22H2,1-5H3/t24-,25+,27+,28-,29+,30+,34+,35-/m1/s1. The predicted octanol–water partition coefficient (Wildman–Crippen LogP) is 8.61. The number of carbonyl (C=O) groups is 1. The maximum atomic E-state index is 13.1. The molecule has 3 heteroatoms. The van der Waals surface area contributed by atoms with Gasteiger partial charge in [0, 0.05) is 0 Å². The molecule has 5 rings (SSSR count). The Morgan fingerprint density at radius 2 is 1.76 bits per heavy atom. The molecule has 3 fully saturated rings. The number of ether oxygens (including phenoxy) is 1. The molecule has 4 aliphatic carbocycles. The minimum Gasteiger partial charge on any atom is -0.422 e. The van der Waals surface area contributed by atoms with Gasteiger partial charge in [-0.25, -0.2) is 0 Å². The zero-order valence-electron chi connectivity index (χ0n) is 24.5. The van der Waals surface area contributed by atoms with Crippen LogP contribution in [0.15, 0.2) is 46.8 Å². The van der Waals surface area contributed by atoms with Crippen molar-refractivity contribution >= 4 is 5.97 Å². The molecule has 4 aliphatic rings. The Hall–Kier alpha value is -1.90. The van der Waals surface area contributed by atoms with E-state index in [1.54, 1.807) is 24.3 Å². The van der Waals surface area contributed by atoms with Crippen LogP contribution in [0, 0.1) is 52.3 Å². The molecule has 3 saturated carbocycles. The average Bonchev–Trinajstić information content (AvgIpc) is 3.11. The molecule has 0 N–H and O–H groups in total.